The van der Waals surface area contributed by atoms with Crippen LogP contribution >= 0.6 is 0 Å². The molecule has 0 aromatic rings. The Kier molecular flexibility index (Phi) is 6.66. The van der Waals surface area contributed by atoms with Gasteiger partial charge in [0.15, 0.2) is 0 Å². The van der Waals surface area contributed by atoms with Gasteiger partial charge in [0.05, 0.1) is 8.07 Å². The summed E-state index contributed by atoms with van der Waals surface area (Å²) < 4.78 is 0. The van der Waals surface area contributed by atoms with Crippen LogP contribution in [0.2, 0.25) is 22.7 Å². The molecule has 0 nitrogen and oxygen atoms in total. The lowest BCUT2D eigenvalue weighted by Gasteiger charge is -2.44. The van der Waals surface area contributed by atoms with Crippen LogP contribution < -0.4 is 0 Å². The Morgan fingerprint density at radius 2 is 1.19 bits per heavy atom. The summed E-state index contributed by atoms with van der Waals surface area (Å²) in [6.45, 7) is 21.3. The van der Waals surface area contributed by atoms with Crippen molar-refractivity contribution in [2.45, 2.75) is 56.8 Å². The van der Waals surface area contributed by atoms with Crippen LogP contribution in [0.1, 0.15) is 34.1 Å². The first kappa shape index (κ1) is 15.4. The van der Waals surface area contributed by atoms with Gasteiger partial charge in [-0.1, -0.05) is 58.4 Å². The fourth-order valence-electron chi connectivity index (χ4n) is 3.02. The second-order valence-corrected chi connectivity index (χ2v) is 10.4. The van der Waals surface area contributed by atoms with Gasteiger partial charge < -0.3 is 0 Å². The molecule has 0 rings (SSSR count). The average molecular weight is 236 g/mol. The van der Waals surface area contributed by atoms with Gasteiger partial charge in [0.1, 0.15) is 0 Å². The van der Waals surface area contributed by atoms with Crippen molar-refractivity contribution in [3.8, 4) is 0 Å². The highest BCUT2D eigenvalue weighted by molar-refractivity contribution is 6.84. The van der Waals surface area contributed by atoms with Crippen molar-refractivity contribution in [2.24, 2.45) is 0 Å². The van der Waals surface area contributed by atoms with Gasteiger partial charge in [-0.05, 0) is 16.6 Å². The van der Waals surface area contributed by atoms with E-state index in [9.17, 15) is 0 Å². The fraction of sp³-hybridized carbons (Fsp3) is 0.600. The summed E-state index contributed by atoms with van der Waals surface area (Å²) in [7, 11) is -1.46. The van der Waals surface area contributed by atoms with Crippen molar-refractivity contribution >= 4 is 8.07 Å². The van der Waals surface area contributed by atoms with Crippen molar-refractivity contribution in [3.63, 3.8) is 0 Å². The van der Waals surface area contributed by atoms with Gasteiger partial charge in [0.2, 0.25) is 0 Å². The highest BCUT2D eigenvalue weighted by Crippen LogP contribution is 2.47. The van der Waals surface area contributed by atoms with E-state index in [2.05, 4.69) is 65.7 Å². The predicted octanol–water partition coefficient (Wildman–Crippen LogP) is 5.57. The van der Waals surface area contributed by atoms with Gasteiger partial charge in [0.25, 0.3) is 0 Å². The van der Waals surface area contributed by atoms with Gasteiger partial charge in [-0.15, -0.1) is 19.7 Å². The van der Waals surface area contributed by atoms with Crippen molar-refractivity contribution in [2.75, 3.05) is 0 Å². The molecule has 0 aliphatic rings. The molecule has 0 aliphatic carbocycles. The highest BCUT2D eigenvalue weighted by Gasteiger charge is 2.43. The van der Waals surface area contributed by atoms with Crippen LogP contribution in [0.4, 0.5) is 0 Å². The zero-order valence-electron chi connectivity index (χ0n) is 11.5. The molecule has 0 heterocycles. The zero-order valence-corrected chi connectivity index (χ0v) is 12.5. The lowest BCUT2D eigenvalue weighted by Crippen LogP contribution is -2.45. The van der Waals surface area contributed by atoms with Crippen molar-refractivity contribution in [3.05, 3.63) is 38.0 Å². The maximum atomic E-state index is 4.01. The van der Waals surface area contributed by atoms with Crippen LogP contribution in [-0.4, -0.2) is 8.07 Å². The smallest absolute Gasteiger partial charge is 0.0733 e. The Bertz CT molecular complexity index is 206. The van der Waals surface area contributed by atoms with E-state index < -0.39 is 8.07 Å². The minimum Gasteiger partial charge on any atom is -0.103 e. The third-order valence-corrected chi connectivity index (χ3v) is 11.4. The van der Waals surface area contributed by atoms with Crippen LogP contribution in [0.25, 0.3) is 0 Å². The van der Waals surface area contributed by atoms with E-state index in [1.807, 2.05) is 0 Å². The highest BCUT2D eigenvalue weighted by atomic mass is 28.3. The lowest BCUT2D eigenvalue weighted by atomic mass is 10.4. The number of hydrogen-bond donors (Lipinski definition) is 0. The summed E-state index contributed by atoms with van der Waals surface area (Å²) in [6, 6.07) is 1.33. The largest absolute Gasteiger partial charge is 0.103 e. The van der Waals surface area contributed by atoms with Gasteiger partial charge in [0, 0.05) is 0 Å². The molecule has 0 N–H and O–H groups in total. The van der Waals surface area contributed by atoms with Crippen LogP contribution in [0.3, 0.4) is 0 Å². The van der Waals surface area contributed by atoms with Gasteiger partial charge in [-0.25, -0.2) is 0 Å². The van der Waals surface area contributed by atoms with E-state index in [4.69, 9.17) is 0 Å². The normalized spacial score (nSPS) is 20.2. The maximum absolute atomic E-state index is 4.01. The van der Waals surface area contributed by atoms with E-state index in [1.165, 1.54) is 12.5 Å². The average Bonchev–Trinajstić information content (AvgIpc) is 2.32. The summed E-state index contributed by atoms with van der Waals surface area (Å²) in [4.78, 5) is 0. The summed E-state index contributed by atoms with van der Waals surface area (Å²) in [5.41, 5.74) is 1.86. The molecule has 0 fully saturated rings. The van der Waals surface area contributed by atoms with E-state index in [0.717, 1.165) is 0 Å². The molecule has 0 amide bonds. The number of hydrogen-bond acceptors (Lipinski definition) is 0. The molecular weight excluding hydrogens is 208 g/mol. The van der Waals surface area contributed by atoms with Gasteiger partial charge in [-0.3, -0.25) is 0 Å². The predicted molar refractivity (Wildman–Crippen MR) is 79.7 cm³/mol. The molecule has 3 atom stereocenters. The van der Waals surface area contributed by atoms with Crippen molar-refractivity contribution < 1.29 is 0 Å². The van der Waals surface area contributed by atoms with Gasteiger partial charge >= 0.3 is 0 Å². The molecular formula is C15H28Si. The number of allylic oxidation sites excluding steroid dienone is 3. The topological polar surface area (TPSA) is 0 Å². The maximum Gasteiger partial charge on any atom is 0.0733 e. The van der Waals surface area contributed by atoms with Crippen LogP contribution in [0.15, 0.2) is 38.0 Å². The Morgan fingerprint density at radius 1 is 0.875 bits per heavy atom. The molecule has 16 heavy (non-hydrogen) atoms. The molecule has 0 saturated heterocycles. The zero-order chi connectivity index (χ0) is 12.8. The molecule has 0 aromatic heterocycles. The van der Waals surface area contributed by atoms with E-state index in [-0.39, 0.29) is 0 Å². The monoisotopic (exact) mass is 236 g/mol. The summed E-state index contributed by atoms with van der Waals surface area (Å²) >= 11 is 0. The van der Waals surface area contributed by atoms with Crippen LogP contribution in [0.5, 0.6) is 0 Å². The Labute approximate surface area is 103 Å². The lowest BCUT2D eigenvalue weighted by molar-refractivity contribution is 0.868. The summed E-state index contributed by atoms with van der Waals surface area (Å²) in [5, 5.41) is 0. The number of rotatable bonds is 8. The SMILES string of the molecule is C=CC(C)[Si](CCC)(C(C)C=C)C(C)C=C. The van der Waals surface area contributed by atoms with Crippen LogP contribution in [-0.2, 0) is 0 Å². The summed E-state index contributed by atoms with van der Waals surface area (Å²) in [6.07, 6.45) is 7.67. The standard InChI is InChI=1S/C15H28Si/c1-8-12-16(13(5)9-2,14(6)10-3)15(7)11-4/h9-11,13-15H,2-4,8,12H2,1,5-7H3. The molecule has 0 bridgehead atoms. The second-order valence-electron chi connectivity index (χ2n) is 4.94. The van der Waals surface area contributed by atoms with E-state index in [0.29, 0.717) is 16.6 Å². The first-order valence-electron chi connectivity index (χ1n) is 6.38. The van der Waals surface area contributed by atoms with Crippen molar-refractivity contribution in [1.29, 1.82) is 0 Å². The molecule has 0 radical (unpaired) electrons. The van der Waals surface area contributed by atoms with Crippen molar-refractivity contribution in [1.82, 2.24) is 0 Å². The minimum absolute atomic E-state index is 0.619. The minimum atomic E-state index is -1.46. The molecule has 92 valence electrons. The molecule has 0 saturated carbocycles. The van der Waals surface area contributed by atoms with E-state index >= 15 is 0 Å². The third-order valence-electron chi connectivity index (χ3n) is 4.29. The second kappa shape index (κ2) is 6.90. The Hall–Kier alpha value is -0.563. The Balaban J connectivity index is 5.44. The Morgan fingerprint density at radius 3 is 1.38 bits per heavy atom. The molecule has 0 spiro atoms. The fourth-order valence-corrected chi connectivity index (χ4v) is 9.05. The van der Waals surface area contributed by atoms with Crippen LogP contribution in [0, 0.1) is 0 Å². The summed E-state index contributed by atoms with van der Waals surface area (Å²) in [5.74, 6) is 0. The molecule has 0 aliphatic heterocycles. The third kappa shape index (κ3) is 2.76. The van der Waals surface area contributed by atoms with Gasteiger partial charge in [-0.2, -0.15) is 0 Å². The molecule has 0 aromatic carbocycles. The molecule has 3 unspecified atom stereocenters. The quantitative estimate of drug-likeness (QED) is 0.381. The first-order chi connectivity index (χ1) is 7.50. The molecule has 1 heteroatoms. The first-order valence-corrected chi connectivity index (χ1v) is 8.82. The van der Waals surface area contributed by atoms with E-state index in [1.54, 1.807) is 0 Å².